The lowest BCUT2D eigenvalue weighted by Crippen LogP contribution is -2.41. The Morgan fingerprint density at radius 3 is 2.76 bits per heavy atom. The number of aryl methyl sites for hydroxylation is 1. The highest BCUT2D eigenvalue weighted by atomic mass is 19.1. The van der Waals surface area contributed by atoms with Gasteiger partial charge in [0.05, 0.1) is 17.9 Å². The van der Waals surface area contributed by atoms with E-state index in [1.807, 2.05) is 24.0 Å². The lowest BCUT2D eigenvalue weighted by atomic mass is 10.1. The monoisotopic (exact) mass is 571 g/mol. The number of piperidine rings is 1. The van der Waals surface area contributed by atoms with Gasteiger partial charge in [0.2, 0.25) is 11.8 Å². The molecule has 2 amide bonds. The first-order chi connectivity index (χ1) is 20.3. The van der Waals surface area contributed by atoms with E-state index in [9.17, 15) is 9.59 Å². The predicted octanol–water partition coefficient (Wildman–Crippen LogP) is 3.29. The third kappa shape index (κ3) is 4.16. The summed E-state index contributed by atoms with van der Waals surface area (Å²) in [6.45, 7) is 4.33. The van der Waals surface area contributed by atoms with Crippen molar-refractivity contribution in [3.63, 3.8) is 0 Å². The zero-order valence-corrected chi connectivity index (χ0v) is 23.6. The van der Waals surface area contributed by atoms with Crippen LogP contribution in [-0.4, -0.2) is 67.7 Å². The van der Waals surface area contributed by atoms with Crippen molar-refractivity contribution in [3.8, 4) is 17.3 Å². The standard InChI is InChI=1S/C31H34FN7O3/c1-16-28(36-39-14-21(9-22(32)29(16)39)31(41)38-13-20-4-6-23(38)27(20)33)24-10-19-5-7-26(42-15-18-8-25(40)34-11-18)35-30(19)37(24)12-17-2-3-17/h5,7,9-10,14,17-18,20,23,27H,2-4,6,8,11-13,15,33H2,1H3,(H,34,40)/t18?,20?,23?,27-/m1/s1. The topological polar surface area (TPSA) is 120 Å². The molecular weight excluding hydrogens is 537 g/mol. The molecule has 11 heteroatoms. The molecule has 2 bridgehead atoms. The minimum absolute atomic E-state index is 0.00194. The van der Waals surface area contributed by atoms with Crippen molar-refractivity contribution in [2.45, 2.75) is 57.7 Å². The summed E-state index contributed by atoms with van der Waals surface area (Å²) < 4.78 is 25.3. The maximum atomic E-state index is 15.6. The fourth-order valence-corrected chi connectivity index (χ4v) is 7.20. The lowest BCUT2D eigenvalue weighted by molar-refractivity contribution is -0.119. The molecule has 10 nitrogen and oxygen atoms in total. The Kier molecular flexibility index (Phi) is 5.82. The average Bonchev–Trinajstić information content (AvgIpc) is 3.22. The summed E-state index contributed by atoms with van der Waals surface area (Å²) in [6.07, 6.45) is 6.37. The number of carbonyl (C=O) groups is 2. The maximum absolute atomic E-state index is 15.6. The number of nitrogens with two attached hydrogens (primary N) is 1. The summed E-state index contributed by atoms with van der Waals surface area (Å²) in [6, 6.07) is 7.25. The zero-order chi connectivity index (χ0) is 28.7. The summed E-state index contributed by atoms with van der Waals surface area (Å²) in [5.74, 6) is 0.922. The number of nitrogens with one attached hydrogen (secondary N) is 1. The minimum Gasteiger partial charge on any atom is -0.477 e. The third-order valence-electron chi connectivity index (χ3n) is 9.71. The van der Waals surface area contributed by atoms with Crippen LogP contribution in [0.25, 0.3) is 27.9 Å². The Hall–Kier alpha value is -3.99. The smallest absolute Gasteiger partial charge is 0.255 e. The van der Waals surface area contributed by atoms with Crippen LogP contribution in [0, 0.1) is 30.5 Å². The van der Waals surface area contributed by atoms with E-state index in [0.717, 1.165) is 49.0 Å². The van der Waals surface area contributed by atoms with Gasteiger partial charge in [0.1, 0.15) is 22.7 Å². The molecule has 2 saturated carbocycles. The van der Waals surface area contributed by atoms with Gasteiger partial charge in [-0.3, -0.25) is 9.59 Å². The molecular formula is C31H34FN7O3. The van der Waals surface area contributed by atoms with Gasteiger partial charge >= 0.3 is 0 Å². The lowest BCUT2D eigenvalue weighted by Gasteiger charge is -2.27. The van der Waals surface area contributed by atoms with Crippen LogP contribution in [-0.2, 0) is 11.3 Å². The number of rotatable bonds is 7. The molecule has 2 saturated heterocycles. The number of hydrogen-bond donors (Lipinski definition) is 2. The van der Waals surface area contributed by atoms with Gasteiger partial charge < -0.3 is 25.3 Å². The van der Waals surface area contributed by atoms with Crippen molar-refractivity contribution in [1.82, 2.24) is 29.4 Å². The molecule has 218 valence electrons. The van der Waals surface area contributed by atoms with Crippen LogP contribution >= 0.6 is 0 Å². The van der Waals surface area contributed by atoms with Crippen LogP contribution in [0.2, 0.25) is 0 Å². The van der Waals surface area contributed by atoms with Crippen LogP contribution in [0.4, 0.5) is 4.39 Å². The Balaban J connectivity index is 1.15. The number of aromatic nitrogens is 4. The predicted molar refractivity (Wildman–Crippen MR) is 153 cm³/mol. The molecule has 0 radical (unpaired) electrons. The van der Waals surface area contributed by atoms with E-state index in [2.05, 4.69) is 16.0 Å². The van der Waals surface area contributed by atoms with Crippen LogP contribution in [0.3, 0.4) is 0 Å². The van der Waals surface area contributed by atoms with Gasteiger partial charge in [0.15, 0.2) is 0 Å². The Labute approximate surface area is 242 Å². The van der Waals surface area contributed by atoms with Crippen molar-refractivity contribution in [2.24, 2.45) is 23.5 Å². The molecule has 0 spiro atoms. The summed E-state index contributed by atoms with van der Waals surface area (Å²) in [5, 5.41) is 8.63. The molecule has 4 atom stereocenters. The number of fused-ring (bicyclic) bond motifs is 4. The van der Waals surface area contributed by atoms with Crippen molar-refractivity contribution in [2.75, 3.05) is 19.7 Å². The van der Waals surface area contributed by atoms with E-state index in [1.165, 1.54) is 10.6 Å². The number of hydrogen-bond acceptors (Lipinski definition) is 6. The number of carbonyl (C=O) groups excluding carboxylic acids is 2. The van der Waals surface area contributed by atoms with Gasteiger partial charge in [0.25, 0.3) is 5.91 Å². The molecule has 2 aliphatic heterocycles. The molecule has 4 aromatic rings. The molecule has 3 unspecified atom stereocenters. The highest BCUT2D eigenvalue weighted by Gasteiger charge is 2.47. The number of likely N-dealkylation sites (tertiary alicyclic amines) is 1. The normalized spacial score (nSPS) is 25.2. The van der Waals surface area contributed by atoms with Crippen LogP contribution in [0.15, 0.2) is 30.5 Å². The van der Waals surface area contributed by atoms with E-state index >= 15 is 4.39 Å². The highest BCUT2D eigenvalue weighted by molar-refractivity contribution is 5.95. The number of nitrogens with zero attached hydrogens (tertiary/aromatic N) is 5. The first-order valence-electron chi connectivity index (χ1n) is 15.0. The van der Waals surface area contributed by atoms with E-state index in [1.54, 1.807) is 6.20 Å². The molecule has 42 heavy (non-hydrogen) atoms. The molecule has 4 aromatic heterocycles. The fourth-order valence-electron chi connectivity index (χ4n) is 7.20. The average molecular weight is 572 g/mol. The molecule has 2 aliphatic carbocycles. The maximum Gasteiger partial charge on any atom is 0.255 e. The first kappa shape index (κ1) is 25.7. The molecule has 8 rings (SSSR count). The SMILES string of the molecule is Cc1c(-c2cc3ccc(OCC4CNC(=O)C4)nc3n2CC2CC2)nn2cc(C(=O)N3CC4CCC3[C@@H]4N)cc(F)c12. The minimum atomic E-state index is -0.468. The summed E-state index contributed by atoms with van der Waals surface area (Å²) in [4.78, 5) is 31.7. The number of amides is 2. The van der Waals surface area contributed by atoms with Crippen molar-refractivity contribution < 1.29 is 18.7 Å². The summed E-state index contributed by atoms with van der Waals surface area (Å²) >= 11 is 0. The van der Waals surface area contributed by atoms with Crippen LogP contribution in [0.1, 0.15) is 48.0 Å². The Morgan fingerprint density at radius 2 is 2.05 bits per heavy atom. The second-order valence-corrected chi connectivity index (χ2v) is 12.6. The molecule has 4 fully saturated rings. The summed E-state index contributed by atoms with van der Waals surface area (Å²) in [5.41, 5.74) is 10.0. The van der Waals surface area contributed by atoms with E-state index in [0.29, 0.717) is 60.6 Å². The van der Waals surface area contributed by atoms with E-state index in [-0.39, 0.29) is 35.4 Å². The van der Waals surface area contributed by atoms with Gasteiger partial charge in [0, 0.05) is 67.3 Å². The highest BCUT2D eigenvalue weighted by Crippen LogP contribution is 2.39. The largest absolute Gasteiger partial charge is 0.477 e. The third-order valence-corrected chi connectivity index (χ3v) is 9.71. The number of pyridine rings is 2. The second kappa shape index (κ2) is 9.52. The summed E-state index contributed by atoms with van der Waals surface area (Å²) in [7, 11) is 0. The number of halogens is 1. The second-order valence-electron chi connectivity index (χ2n) is 12.6. The molecule has 4 aliphatic rings. The zero-order valence-electron chi connectivity index (χ0n) is 23.6. The van der Waals surface area contributed by atoms with Crippen LogP contribution < -0.4 is 15.8 Å². The van der Waals surface area contributed by atoms with Crippen molar-refractivity contribution in [1.29, 1.82) is 0 Å². The van der Waals surface area contributed by atoms with Crippen molar-refractivity contribution in [3.05, 3.63) is 47.4 Å². The fraction of sp³-hybridized carbons (Fsp3) is 0.484. The molecule has 6 heterocycles. The number of ether oxygens (including phenoxy) is 1. The van der Waals surface area contributed by atoms with E-state index in [4.69, 9.17) is 20.6 Å². The van der Waals surface area contributed by atoms with E-state index < -0.39 is 5.82 Å². The first-order valence-corrected chi connectivity index (χ1v) is 15.0. The molecule has 3 N–H and O–H groups in total. The van der Waals surface area contributed by atoms with Gasteiger partial charge in [-0.2, -0.15) is 10.1 Å². The van der Waals surface area contributed by atoms with Gasteiger partial charge in [-0.15, -0.1) is 0 Å². The Morgan fingerprint density at radius 1 is 1.19 bits per heavy atom. The van der Waals surface area contributed by atoms with Gasteiger partial charge in [-0.25, -0.2) is 8.91 Å². The Bertz CT molecular complexity index is 1760. The quantitative estimate of drug-likeness (QED) is 0.351. The van der Waals surface area contributed by atoms with Gasteiger partial charge in [-0.1, -0.05) is 0 Å². The van der Waals surface area contributed by atoms with Crippen molar-refractivity contribution >= 4 is 28.4 Å². The van der Waals surface area contributed by atoms with Crippen LogP contribution in [0.5, 0.6) is 5.88 Å². The molecule has 0 aromatic carbocycles. The van der Waals surface area contributed by atoms with Gasteiger partial charge in [-0.05, 0) is 62.6 Å².